The van der Waals surface area contributed by atoms with Crippen molar-refractivity contribution in [3.63, 3.8) is 0 Å². The molecule has 3 fully saturated rings. The first-order valence-electron chi connectivity index (χ1n) is 19.6. The minimum absolute atomic E-state index is 0.146. The summed E-state index contributed by atoms with van der Waals surface area (Å²) in [6, 6.07) is 17.8. The third-order valence-electron chi connectivity index (χ3n) is 12.3. The van der Waals surface area contributed by atoms with Gasteiger partial charge in [0, 0.05) is 72.1 Å². The van der Waals surface area contributed by atoms with Crippen LogP contribution >= 0.6 is 23.2 Å². The monoisotopic (exact) mass is 772 g/mol. The summed E-state index contributed by atoms with van der Waals surface area (Å²) < 4.78 is 6.31. The molecule has 0 bridgehead atoms. The van der Waals surface area contributed by atoms with Crippen LogP contribution in [0.1, 0.15) is 96.0 Å². The maximum Gasteiger partial charge on any atom is 0.326 e. The van der Waals surface area contributed by atoms with Gasteiger partial charge >= 0.3 is 6.03 Å². The number of amides is 3. The van der Waals surface area contributed by atoms with E-state index >= 15 is 4.79 Å². The standard InChI is InChI=1S/C43H54Cl2N6O3/c1-7-54-36-25-37(41(2,3)4)46-26-35(36)39-47-42(5,30-10-14-32(44)15-11-30)43(6,31-12-16-33(45)17-13-31)51(39)40(53)49-22-18-29(19-23-49)24-38(52)50-27-34(28-50)48-20-8-9-21-48/h10-17,25-26,29,34H,7-9,18-24,27-28H2,1-6H3/t42-,43+/m0/s1. The number of urea groups is 1. The van der Waals surface area contributed by atoms with Gasteiger partial charge in [-0.25, -0.2) is 4.79 Å². The van der Waals surface area contributed by atoms with Crippen LogP contribution in [0.2, 0.25) is 10.0 Å². The molecule has 3 aromatic rings. The smallest absolute Gasteiger partial charge is 0.326 e. The van der Waals surface area contributed by atoms with Crippen molar-refractivity contribution in [3.8, 4) is 5.75 Å². The van der Waals surface area contributed by atoms with Crippen LogP contribution in [-0.2, 0) is 21.3 Å². The SMILES string of the molecule is CCOc1cc(C(C)(C)C)ncc1C1=N[C@@](C)(c2ccc(Cl)cc2)[C@@](C)(c2ccc(Cl)cc2)N1C(=O)N1CCC(CC(=O)N2CC(N3CCCC3)C2)CC1. The van der Waals surface area contributed by atoms with Gasteiger partial charge < -0.3 is 14.5 Å². The molecule has 1 aromatic heterocycles. The molecule has 54 heavy (non-hydrogen) atoms. The number of benzene rings is 2. The molecule has 4 aliphatic heterocycles. The zero-order chi connectivity index (χ0) is 38.4. The number of nitrogens with zero attached hydrogens (tertiary/aromatic N) is 6. The topological polar surface area (TPSA) is 81.6 Å². The molecule has 0 aliphatic carbocycles. The zero-order valence-corrected chi connectivity index (χ0v) is 34.1. The Bertz CT molecular complexity index is 1880. The first-order valence-corrected chi connectivity index (χ1v) is 20.3. The van der Waals surface area contributed by atoms with Crippen LogP contribution in [0.4, 0.5) is 4.79 Å². The first kappa shape index (κ1) is 38.6. The second-order valence-corrected chi connectivity index (χ2v) is 17.7. The van der Waals surface area contributed by atoms with Crippen molar-refractivity contribution in [2.45, 2.75) is 96.2 Å². The number of hydrogen-bond donors (Lipinski definition) is 0. The molecule has 0 unspecified atom stereocenters. The molecular weight excluding hydrogens is 719 g/mol. The van der Waals surface area contributed by atoms with Gasteiger partial charge in [0.2, 0.25) is 5.91 Å². The number of likely N-dealkylation sites (tertiary alicyclic amines) is 3. The molecule has 2 atom stereocenters. The molecule has 0 radical (unpaired) electrons. The van der Waals surface area contributed by atoms with E-state index in [2.05, 4.69) is 39.5 Å². The average Bonchev–Trinajstić information content (AvgIpc) is 3.73. The number of piperidine rings is 1. The lowest BCUT2D eigenvalue weighted by Crippen LogP contribution is -2.60. The fourth-order valence-electron chi connectivity index (χ4n) is 8.70. The summed E-state index contributed by atoms with van der Waals surface area (Å²) in [6.45, 7) is 18.0. The van der Waals surface area contributed by atoms with E-state index in [0.29, 0.717) is 59.4 Å². The summed E-state index contributed by atoms with van der Waals surface area (Å²) >= 11 is 12.9. The largest absolute Gasteiger partial charge is 0.493 e. The number of pyridine rings is 1. The third kappa shape index (κ3) is 7.12. The number of aliphatic imine (C=N–C) groups is 1. The summed E-state index contributed by atoms with van der Waals surface area (Å²) in [4.78, 5) is 47.5. The number of rotatable bonds is 8. The molecule has 0 spiro atoms. The van der Waals surface area contributed by atoms with Crippen molar-refractivity contribution < 1.29 is 14.3 Å². The highest BCUT2D eigenvalue weighted by atomic mass is 35.5. The Morgan fingerprint density at radius 3 is 2.04 bits per heavy atom. The predicted molar refractivity (Wildman–Crippen MR) is 216 cm³/mol. The van der Waals surface area contributed by atoms with Crippen LogP contribution in [0.5, 0.6) is 5.75 Å². The van der Waals surface area contributed by atoms with Gasteiger partial charge in [-0.1, -0.05) is 68.2 Å². The van der Waals surface area contributed by atoms with Gasteiger partial charge in [0.05, 0.1) is 12.2 Å². The normalized spacial score (nSPS) is 24.1. The minimum atomic E-state index is -1.01. The van der Waals surface area contributed by atoms with E-state index < -0.39 is 11.1 Å². The number of aromatic nitrogens is 1. The third-order valence-corrected chi connectivity index (χ3v) is 12.8. The fraction of sp³-hybridized carbons (Fsp3) is 0.535. The van der Waals surface area contributed by atoms with Crippen molar-refractivity contribution >= 4 is 41.0 Å². The minimum Gasteiger partial charge on any atom is -0.493 e. The van der Waals surface area contributed by atoms with Crippen molar-refractivity contribution in [3.05, 3.63) is 93.2 Å². The van der Waals surface area contributed by atoms with E-state index in [1.165, 1.54) is 12.8 Å². The van der Waals surface area contributed by atoms with Gasteiger partial charge in [-0.15, -0.1) is 0 Å². The van der Waals surface area contributed by atoms with Crippen LogP contribution in [0, 0.1) is 5.92 Å². The first-order chi connectivity index (χ1) is 25.7. The number of carbonyl (C=O) groups excluding carboxylic acids is 2. The summed E-state index contributed by atoms with van der Waals surface area (Å²) in [5.74, 6) is 1.60. The molecule has 9 nitrogen and oxygen atoms in total. The molecule has 0 N–H and O–H groups in total. The van der Waals surface area contributed by atoms with Gasteiger partial charge in [0.15, 0.2) is 0 Å². The van der Waals surface area contributed by atoms with Crippen molar-refractivity contribution in [1.82, 2.24) is 24.6 Å². The van der Waals surface area contributed by atoms with Gasteiger partial charge in [0.1, 0.15) is 22.7 Å². The summed E-state index contributed by atoms with van der Waals surface area (Å²) in [5.41, 5.74) is 1.13. The van der Waals surface area contributed by atoms with Gasteiger partial charge in [-0.3, -0.25) is 24.6 Å². The average molecular weight is 774 g/mol. The summed E-state index contributed by atoms with van der Waals surface area (Å²) in [5, 5.41) is 1.22. The lowest BCUT2D eigenvalue weighted by Gasteiger charge is -2.47. The van der Waals surface area contributed by atoms with Crippen molar-refractivity contribution in [2.75, 3.05) is 45.9 Å². The Balaban J connectivity index is 1.22. The predicted octanol–water partition coefficient (Wildman–Crippen LogP) is 8.51. The number of halogens is 2. The molecule has 4 aliphatic rings. The molecular formula is C43H54Cl2N6O3. The van der Waals surface area contributed by atoms with Crippen LogP contribution in [-0.4, -0.2) is 94.3 Å². The van der Waals surface area contributed by atoms with E-state index in [1.807, 2.05) is 82.4 Å². The molecule has 288 valence electrons. The lowest BCUT2D eigenvalue weighted by molar-refractivity contribution is -0.139. The number of amidine groups is 1. The van der Waals surface area contributed by atoms with Crippen LogP contribution < -0.4 is 4.74 Å². The van der Waals surface area contributed by atoms with E-state index in [9.17, 15) is 4.79 Å². The Morgan fingerprint density at radius 1 is 0.870 bits per heavy atom. The quantitative estimate of drug-likeness (QED) is 0.230. The second kappa shape index (κ2) is 15.1. The molecule has 11 heteroatoms. The molecule has 2 aromatic carbocycles. The molecule has 5 heterocycles. The van der Waals surface area contributed by atoms with Gasteiger partial charge in [-0.05, 0) is 101 Å². The number of hydrogen-bond acceptors (Lipinski definition) is 6. The highest BCUT2D eigenvalue weighted by Gasteiger charge is 2.60. The van der Waals surface area contributed by atoms with Crippen molar-refractivity contribution in [1.29, 1.82) is 0 Å². The van der Waals surface area contributed by atoms with E-state index in [4.69, 9.17) is 37.9 Å². The lowest BCUT2D eigenvalue weighted by atomic mass is 9.71. The van der Waals surface area contributed by atoms with Gasteiger partial charge in [0.25, 0.3) is 0 Å². The highest BCUT2D eigenvalue weighted by Crippen LogP contribution is 2.54. The fourth-order valence-corrected chi connectivity index (χ4v) is 8.95. The van der Waals surface area contributed by atoms with Crippen LogP contribution in [0.25, 0.3) is 0 Å². The van der Waals surface area contributed by atoms with Crippen molar-refractivity contribution in [2.24, 2.45) is 10.9 Å². The van der Waals surface area contributed by atoms with Crippen LogP contribution in [0.3, 0.4) is 0 Å². The van der Waals surface area contributed by atoms with E-state index in [1.54, 1.807) is 0 Å². The Hall–Kier alpha value is -3.66. The Labute approximate surface area is 330 Å². The second-order valence-electron chi connectivity index (χ2n) is 16.8. The van der Waals surface area contributed by atoms with Gasteiger partial charge in [-0.2, -0.15) is 0 Å². The summed E-state index contributed by atoms with van der Waals surface area (Å²) in [7, 11) is 0. The summed E-state index contributed by atoms with van der Waals surface area (Å²) in [6.07, 6.45) is 6.40. The molecule has 0 saturated carbocycles. The highest BCUT2D eigenvalue weighted by molar-refractivity contribution is 6.30. The van der Waals surface area contributed by atoms with Crippen LogP contribution in [0.15, 0.2) is 65.8 Å². The molecule has 3 saturated heterocycles. The number of ether oxygens (including phenoxy) is 1. The molecule has 3 amide bonds. The molecule has 7 rings (SSSR count). The maximum atomic E-state index is 15.3. The van der Waals surface area contributed by atoms with E-state index in [0.717, 1.165) is 55.8 Å². The Morgan fingerprint density at radius 2 is 1.46 bits per heavy atom. The maximum absolute atomic E-state index is 15.3. The Kier molecular flexibility index (Phi) is 10.8. The van der Waals surface area contributed by atoms with E-state index in [-0.39, 0.29) is 23.3 Å². The number of carbonyl (C=O) groups is 2. The zero-order valence-electron chi connectivity index (χ0n) is 32.6.